The molecule has 0 amide bonds. The van der Waals surface area contributed by atoms with Crippen LogP contribution in [0.1, 0.15) is 45.9 Å². The summed E-state index contributed by atoms with van der Waals surface area (Å²) in [5, 5.41) is 20.6. The van der Waals surface area contributed by atoms with Crippen LogP contribution in [0.2, 0.25) is 0 Å². The molecule has 3 aromatic rings. The first-order valence-electron chi connectivity index (χ1n) is 9.92. The normalized spacial score (nSPS) is 16.1. The minimum Gasteiger partial charge on any atom is -0.506 e. The maximum atomic E-state index is 12.8. The van der Waals surface area contributed by atoms with Crippen LogP contribution in [-0.4, -0.2) is 27.3 Å². The number of carboxylic acids is 1. The number of benzene rings is 2. The standard InChI is InChI=1S/C23H22N2O4/c1-13-20-17(22(27)18(23(28)29)12-25(20)16-6-7-16)10-19(26)21(13)24-9-8-14-4-2-3-5-15(14)11-24/h2-5,10,12,16,26H,6-9,11H2,1H3,(H,28,29). The molecule has 6 heteroatoms. The molecule has 2 heterocycles. The van der Waals surface area contributed by atoms with Crippen molar-refractivity contribution in [3.05, 3.63) is 69.0 Å². The molecular formula is C23H22N2O4. The number of pyridine rings is 1. The second kappa shape index (κ2) is 6.37. The summed E-state index contributed by atoms with van der Waals surface area (Å²) in [6.45, 7) is 3.38. The van der Waals surface area contributed by atoms with Crippen molar-refractivity contribution in [2.75, 3.05) is 11.4 Å². The third-order valence-corrected chi connectivity index (χ3v) is 6.12. The highest BCUT2D eigenvalue weighted by Gasteiger charge is 2.30. The summed E-state index contributed by atoms with van der Waals surface area (Å²) in [6.07, 6.45) is 4.29. The van der Waals surface area contributed by atoms with Crippen LogP contribution < -0.4 is 10.3 Å². The van der Waals surface area contributed by atoms with Crippen molar-refractivity contribution < 1.29 is 15.0 Å². The van der Waals surface area contributed by atoms with Crippen molar-refractivity contribution in [2.24, 2.45) is 0 Å². The number of carbonyl (C=O) groups is 1. The van der Waals surface area contributed by atoms with E-state index in [2.05, 4.69) is 17.0 Å². The number of hydrogen-bond acceptors (Lipinski definition) is 4. The molecule has 0 unspecified atom stereocenters. The number of phenols is 1. The SMILES string of the molecule is Cc1c(N2CCc3ccccc3C2)c(O)cc2c(=O)c(C(=O)O)cn(C3CC3)c12. The molecule has 2 N–H and O–H groups in total. The van der Waals surface area contributed by atoms with E-state index in [1.807, 2.05) is 23.6 Å². The van der Waals surface area contributed by atoms with E-state index < -0.39 is 11.4 Å². The zero-order valence-electron chi connectivity index (χ0n) is 16.2. The van der Waals surface area contributed by atoms with Gasteiger partial charge in [-0.05, 0) is 43.4 Å². The molecular weight excluding hydrogens is 368 g/mol. The van der Waals surface area contributed by atoms with Crippen molar-refractivity contribution in [2.45, 2.75) is 38.8 Å². The fourth-order valence-electron chi connectivity index (χ4n) is 4.57. The van der Waals surface area contributed by atoms with Gasteiger partial charge in [0.2, 0.25) is 5.43 Å². The van der Waals surface area contributed by atoms with Crippen molar-refractivity contribution in [3.63, 3.8) is 0 Å². The van der Waals surface area contributed by atoms with Crippen LogP contribution in [0.4, 0.5) is 5.69 Å². The van der Waals surface area contributed by atoms with Gasteiger partial charge in [-0.3, -0.25) is 4.79 Å². The molecule has 5 rings (SSSR count). The molecule has 2 aliphatic rings. The second-order valence-electron chi connectivity index (χ2n) is 8.02. The Morgan fingerprint density at radius 3 is 2.59 bits per heavy atom. The van der Waals surface area contributed by atoms with Gasteiger partial charge in [0.05, 0.1) is 16.6 Å². The predicted molar refractivity (Wildman–Crippen MR) is 111 cm³/mol. The number of nitrogens with zero attached hydrogens (tertiary/aromatic N) is 2. The number of fused-ring (bicyclic) bond motifs is 2. The van der Waals surface area contributed by atoms with Crippen molar-refractivity contribution in [1.29, 1.82) is 0 Å². The lowest BCUT2D eigenvalue weighted by atomic mass is 9.97. The van der Waals surface area contributed by atoms with Gasteiger partial charge in [0.1, 0.15) is 11.3 Å². The van der Waals surface area contributed by atoms with E-state index >= 15 is 0 Å². The van der Waals surface area contributed by atoms with Crippen LogP contribution in [0.25, 0.3) is 10.9 Å². The lowest BCUT2D eigenvalue weighted by Crippen LogP contribution is -2.31. The van der Waals surface area contributed by atoms with Gasteiger partial charge in [0, 0.05) is 30.9 Å². The number of anilines is 1. The Bertz CT molecular complexity index is 1220. The fourth-order valence-corrected chi connectivity index (χ4v) is 4.57. The maximum absolute atomic E-state index is 12.8. The van der Waals surface area contributed by atoms with E-state index in [4.69, 9.17) is 0 Å². The van der Waals surface area contributed by atoms with E-state index in [0.29, 0.717) is 6.54 Å². The summed E-state index contributed by atoms with van der Waals surface area (Å²) >= 11 is 0. The maximum Gasteiger partial charge on any atom is 0.341 e. The molecule has 0 atom stereocenters. The van der Waals surface area contributed by atoms with Crippen LogP contribution in [0.3, 0.4) is 0 Å². The van der Waals surface area contributed by atoms with Crippen LogP contribution in [-0.2, 0) is 13.0 Å². The van der Waals surface area contributed by atoms with Gasteiger partial charge < -0.3 is 19.7 Å². The Kier molecular flexibility index (Phi) is 3.91. The summed E-state index contributed by atoms with van der Waals surface area (Å²) in [6, 6.07) is 9.96. The zero-order valence-corrected chi connectivity index (χ0v) is 16.2. The topological polar surface area (TPSA) is 82.8 Å². The Hall–Kier alpha value is -3.28. The van der Waals surface area contributed by atoms with Crippen LogP contribution in [0.15, 0.2) is 41.3 Å². The third-order valence-electron chi connectivity index (χ3n) is 6.12. The molecule has 1 saturated carbocycles. The number of aromatic carboxylic acids is 1. The number of carboxylic acid groups (broad SMARTS) is 1. The lowest BCUT2D eigenvalue weighted by Gasteiger charge is -2.33. The fraction of sp³-hybridized carbons (Fsp3) is 0.304. The van der Waals surface area contributed by atoms with Gasteiger partial charge >= 0.3 is 5.97 Å². The van der Waals surface area contributed by atoms with Crippen molar-refractivity contribution in [1.82, 2.24) is 4.57 Å². The number of aromatic nitrogens is 1. The number of aromatic hydroxyl groups is 1. The third kappa shape index (κ3) is 2.78. The predicted octanol–water partition coefficient (Wildman–Crippen LogP) is 3.61. The Labute approximate surface area is 167 Å². The van der Waals surface area contributed by atoms with Crippen LogP contribution >= 0.6 is 0 Å². The zero-order chi connectivity index (χ0) is 20.3. The summed E-state index contributed by atoms with van der Waals surface area (Å²) in [7, 11) is 0. The highest BCUT2D eigenvalue weighted by atomic mass is 16.4. The summed E-state index contributed by atoms with van der Waals surface area (Å²) < 4.78 is 1.93. The summed E-state index contributed by atoms with van der Waals surface area (Å²) in [5.74, 6) is -1.21. The van der Waals surface area contributed by atoms with E-state index in [9.17, 15) is 19.8 Å². The molecule has 0 radical (unpaired) electrons. The van der Waals surface area contributed by atoms with Gasteiger partial charge in [-0.15, -0.1) is 0 Å². The van der Waals surface area contributed by atoms with Gasteiger partial charge in [0.25, 0.3) is 0 Å². The highest BCUT2D eigenvalue weighted by Crippen LogP contribution is 2.42. The molecule has 148 valence electrons. The highest BCUT2D eigenvalue weighted by molar-refractivity contribution is 5.96. The molecule has 1 aromatic heterocycles. The van der Waals surface area contributed by atoms with Crippen molar-refractivity contribution >= 4 is 22.6 Å². The number of rotatable bonds is 3. The average Bonchev–Trinajstić information content (AvgIpc) is 3.53. The Balaban J connectivity index is 1.72. The molecule has 0 bridgehead atoms. The minimum atomic E-state index is -1.24. The van der Waals surface area contributed by atoms with Crippen LogP contribution in [0, 0.1) is 6.92 Å². The van der Waals surface area contributed by atoms with Crippen LogP contribution in [0.5, 0.6) is 5.75 Å². The van der Waals surface area contributed by atoms with E-state index in [0.717, 1.165) is 42.6 Å². The molecule has 6 nitrogen and oxygen atoms in total. The van der Waals surface area contributed by atoms with Crippen molar-refractivity contribution in [3.8, 4) is 5.75 Å². The Morgan fingerprint density at radius 2 is 1.90 bits per heavy atom. The summed E-state index contributed by atoms with van der Waals surface area (Å²) in [4.78, 5) is 26.5. The number of phenolic OH excluding ortho intramolecular Hbond substituents is 1. The van der Waals surface area contributed by atoms with Gasteiger partial charge in [-0.1, -0.05) is 24.3 Å². The quantitative estimate of drug-likeness (QED) is 0.714. The van der Waals surface area contributed by atoms with Gasteiger partial charge in [-0.2, -0.15) is 0 Å². The van der Waals surface area contributed by atoms with E-state index in [1.165, 1.54) is 23.4 Å². The number of hydrogen-bond donors (Lipinski definition) is 2. The molecule has 2 aromatic carbocycles. The monoisotopic (exact) mass is 390 g/mol. The molecule has 0 spiro atoms. The number of aryl methyl sites for hydroxylation is 1. The Morgan fingerprint density at radius 1 is 1.17 bits per heavy atom. The lowest BCUT2D eigenvalue weighted by molar-refractivity contribution is 0.0695. The minimum absolute atomic E-state index is 0.0244. The largest absolute Gasteiger partial charge is 0.506 e. The van der Waals surface area contributed by atoms with E-state index in [1.54, 1.807) is 0 Å². The first kappa shape index (κ1) is 17.8. The first-order valence-corrected chi connectivity index (χ1v) is 9.92. The smallest absolute Gasteiger partial charge is 0.341 e. The van der Waals surface area contributed by atoms with Gasteiger partial charge in [0.15, 0.2) is 0 Å². The molecule has 1 fully saturated rings. The summed E-state index contributed by atoms with van der Waals surface area (Å²) in [5.41, 5.74) is 4.04. The van der Waals surface area contributed by atoms with E-state index in [-0.39, 0.29) is 22.7 Å². The molecule has 29 heavy (non-hydrogen) atoms. The first-order chi connectivity index (χ1) is 14.0. The van der Waals surface area contributed by atoms with Gasteiger partial charge in [-0.25, -0.2) is 4.79 Å². The molecule has 0 saturated heterocycles. The molecule has 1 aliphatic carbocycles. The average molecular weight is 390 g/mol. The molecule has 1 aliphatic heterocycles. The second-order valence-corrected chi connectivity index (χ2v) is 8.02.